The highest BCUT2D eigenvalue weighted by Crippen LogP contribution is 2.26. The zero-order valence-electron chi connectivity index (χ0n) is 35.2. The van der Waals surface area contributed by atoms with Crippen molar-refractivity contribution in [2.45, 2.75) is 106 Å². The van der Waals surface area contributed by atoms with Gasteiger partial charge in [-0.3, -0.25) is 19.2 Å². The number of hydrogen-bond acceptors (Lipinski definition) is 8. The summed E-state index contributed by atoms with van der Waals surface area (Å²) in [5.74, 6) is 6.72. The molecule has 56 heavy (non-hydrogen) atoms. The summed E-state index contributed by atoms with van der Waals surface area (Å²) in [4.78, 5) is 54.8. The van der Waals surface area contributed by atoms with Gasteiger partial charge in [0.2, 0.25) is 17.7 Å². The van der Waals surface area contributed by atoms with Crippen LogP contribution in [-0.4, -0.2) is 103 Å². The average Bonchev–Trinajstić information content (AvgIpc) is 3.18. The molecule has 4 amide bonds. The first kappa shape index (κ1) is 51.7. The molecule has 1 aliphatic rings. The molecule has 0 fully saturated rings. The van der Waals surface area contributed by atoms with Crippen LogP contribution in [0.3, 0.4) is 0 Å². The quantitative estimate of drug-likeness (QED) is 0.0976. The van der Waals surface area contributed by atoms with Crippen LogP contribution in [0.2, 0.25) is 0 Å². The summed E-state index contributed by atoms with van der Waals surface area (Å²) in [6.45, 7) is 16.0. The van der Waals surface area contributed by atoms with E-state index in [0.29, 0.717) is 50.8 Å². The molecular formula is C44H70N4O8. The van der Waals surface area contributed by atoms with Crippen LogP contribution in [0, 0.1) is 23.7 Å². The Morgan fingerprint density at radius 2 is 1.32 bits per heavy atom. The molecule has 0 saturated heterocycles. The van der Waals surface area contributed by atoms with Crippen molar-refractivity contribution >= 4 is 29.3 Å². The Hall–Kier alpha value is -4.28. The van der Waals surface area contributed by atoms with E-state index in [9.17, 15) is 19.2 Å². The molecule has 1 aliphatic heterocycles. The first-order valence-corrected chi connectivity index (χ1v) is 20.0. The van der Waals surface area contributed by atoms with Crippen LogP contribution < -0.4 is 15.5 Å². The molecule has 3 rings (SSSR count). The Bertz CT molecular complexity index is 1470. The summed E-state index contributed by atoms with van der Waals surface area (Å²) in [5.41, 5.74) is 3.54. The van der Waals surface area contributed by atoms with E-state index in [1.807, 2.05) is 48.5 Å². The molecule has 12 nitrogen and oxygen atoms in total. The predicted molar refractivity (Wildman–Crippen MR) is 224 cm³/mol. The second-order valence-corrected chi connectivity index (χ2v) is 14.1. The number of aliphatic hydroxyl groups excluding tert-OH is 3. The van der Waals surface area contributed by atoms with Crippen molar-refractivity contribution < 1.29 is 39.2 Å². The molecule has 5 N–H and O–H groups in total. The van der Waals surface area contributed by atoms with Gasteiger partial charge in [-0.15, -0.1) is 0 Å². The largest absolute Gasteiger partial charge is 0.400 e. The van der Waals surface area contributed by atoms with E-state index in [1.165, 1.54) is 6.42 Å². The fourth-order valence-corrected chi connectivity index (χ4v) is 5.12. The number of nitrogens with one attached hydrogen (secondary N) is 2. The topological polar surface area (TPSA) is 169 Å². The van der Waals surface area contributed by atoms with E-state index in [-0.39, 0.29) is 62.9 Å². The first-order chi connectivity index (χ1) is 26.9. The molecule has 2 aromatic carbocycles. The van der Waals surface area contributed by atoms with Gasteiger partial charge in [0.25, 0.3) is 5.91 Å². The Kier molecular flexibility index (Phi) is 29.4. The van der Waals surface area contributed by atoms with Gasteiger partial charge in [0.05, 0.1) is 32.0 Å². The third-order valence-corrected chi connectivity index (χ3v) is 8.12. The Balaban J connectivity index is 0.00000306. The maximum atomic E-state index is 13.4. The molecule has 1 atom stereocenters. The Labute approximate surface area is 336 Å². The van der Waals surface area contributed by atoms with Crippen LogP contribution >= 0.6 is 0 Å². The number of carbonyl (C=O) groups is 4. The molecule has 12 heteroatoms. The Morgan fingerprint density at radius 1 is 0.786 bits per heavy atom. The van der Waals surface area contributed by atoms with E-state index >= 15 is 0 Å². The van der Waals surface area contributed by atoms with E-state index in [2.05, 4.69) is 64.0 Å². The monoisotopic (exact) mass is 783 g/mol. The summed E-state index contributed by atoms with van der Waals surface area (Å²) in [7, 11) is 1.00. The van der Waals surface area contributed by atoms with E-state index in [0.717, 1.165) is 42.3 Å². The van der Waals surface area contributed by atoms with Crippen LogP contribution in [0.4, 0.5) is 5.69 Å². The van der Waals surface area contributed by atoms with Crippen molar-refractivity contribution in [1.29, 1.82) is 0 Å². The molecule has 0 bridgehead atoms. The minimum absolute atomic E-state index is 0.00323. The SMILES string of the molecule is CC(C)CCOC(C)C(=O)N(CCC(C)C)CC(=O)NCCNC(=O)CCCCC(=O)N1Cc2ccccc2C#Cc2ccccc21.CCC.CO.OCCO. The van der Waals surface area contributed by atoms with Crippen LogP contribution in [0.15, 0.2) is 48.5 Å². The molecule has 0 radical (unpaired) electrons. The average molecular weight is 783 g/mol. The van der Waals surface area contributed by atoms with E-state index in [4.69, 9.17) is 20.1 Å². The molecule has 0 saturated carbocycles. The second kappa shape index (κ2) is 31.9. The van der Waals surface area contributed by atoms with Gasteiger partial charge in [0.1, 0.15) is 6.10 Å². The summed E-state index contributed by atoms with van der Waals surface area (Å²) < 4.78 is 5.73. The van der Waals surface area contributed by atoms with Crippen LogP contribution in [0.25, 0.3) is 0 Å². The minimum Gasteiger partial charge on any atom is -0.400 e. The highest BCUT2D eigenvalue weighted by atomic mass is 16.5. The van der Waals surface area contributed by atoms with Gasteiger partial charge in [-0.1, -0.05) is 90.1 Å². The molecule has 0 aromatic heterocycles. The summed E-state index contributed by atoms with van der Waals surface area (Å²) in [6.07, 6.45) is 4.05. The number of fused-ring (bicyclic) bond motifs is 2. The summed E-state index contributed by atoms with van der Waals surface area (Å²) >= 11 is 0. The maximum absolute atomic E-state index is 13.4. The van der Waals surface area contributed by atoms with Crippen LogP contribution in [0.5, 0.6) is 0 Å². The molecule has 1 unspecified atom stereocenters. The number of aliphatic hydroxyl groups is 3. The number of benzene rings is 2. The lowest BCUT2D eigenvalue weighted by atomic mass is 10.0. The van der Waals surface area contributed by atoms with E-state index < -0.39 is 6.10 Å². The molecular weight excluding hydrogens is 713 g/mol. The van der Waals surface area contributed by atoms with Gasteiger partial charge in [-0.25, -0.2) is 0 Å². The zero-order valence-corrected chi connectivity index (χ0v) is 35.2. The molecule has 2 aromatic rings. The fraction of sp³-hybridized carbons (Fsp3) is 0.591. The zero-order chi connectivity index (χ0) is 42.3. The summed E-state index contributed by atoms with van der Waals surface area (Å²) in [6, 6.07) is 15.6. The van der Waals surface area contributed by atoms with Crippen LogP contribution in [-0.2, 0) is 30.5 Å². The number of rotatable bonds is 19. The lowest BCUT2D eigenvalue weighted by Crippen LogP contribution is -2.46. The van der Waals surface area contributed by atoms with Gasteiger partial charge in [-0.2, -0.15) is 0 Å². The van der Waals surface area contributed by atoms with Crippen molar-refractivity contribution in [2.24, 2.45) is 11.8 Å². The normalized spacial score (nSPS) is 11.6. The van der Waals surface area contributed by atoms with Gasteiger partial charge < -0.3 is 40.5 Å². The molecule has 0 aliphatic carbocycles. The number of amides is 4. The minimum atomic E-state index is -0.612. The molecule has 1 heterocycles. The van der Waals surface area contributed by atoms with Gasteiger partial charge >= 0.3 is 0 Å². The number of anilines is 1. The molecule has 0 spiro atoms. The standard InChI is InChI=1S/C38H52N4O5.C3H8.C2H6O2.CH4O/c1-28(2)20-24-41(38(46)30(5)47-25-21-29(3)4)27-36(44)40-23-22-39-35(43)16-10-11-17-37(45)42-26-33-14-7-6-12-31(33)18-19-32-13-8-9-15-34(32)42;1-3-2;3-1-2-4;1-2/h6-9,12-15,28-30H,10-11,16-17,20-27H2,1-5H3,(H,39,43)(H,40,44);3H2,1-2H3;3-4H,1-2H2;2H,1H3. The third kappa shape index (κ3) is 22.3. The number of ether oxygens (including phenoxy) is 1. The highest BCUT2D eigenvalue weighted by molar-refractivity contribution is 5.95. The number of para-hydroxylation sites is 1. The third-order valence-electron chi connectivity index (χ3n) is 8.12. The Morgan fingerprint density at radius 3 is 1.93 bits per heavy atom. The smallest absolute Gasteiger partial charge is 0.251 e. The van der Waals surface area contributed by atoms with Crippen molar-refractivity contribution in [3.05, 3.63) is 65.2 Å². The number of unbranched alkanes of at least 4 members (excludes halogenated alkanes) is 1. The van der Waals surface area contributed by atoms with E-state index in [1.54, 1.807) is 16.7 Å². The van der Waals surface area contributed by atoms with Crippen molar-refractivity contribution in [2.75, 3.05) is 58.0 Å². The molecule has 314 valence electrons. The number of carbonyl (C=O) groups excluding carboxylic acids is 4. The fourth-order valence-electron chi connectivity index (χ4n) is 5.12. The van der Waals surface area contributed by atoms with Crippen LogP contribution in [0.1, 0.15) is 110 Å². The number of hydrogen-bond donors (Lipinski definition) is 5. The van der Waals surface area contributed by atoms with Gasteiger partial charge in [0.15, 0.2) is 0 Å². The lowest BCUT2D eigenvalue weighted by Gasteiger charge is -2.26. The maximum Gasteiger partial charge on any atom is 0.251 e. The second-order valence-electron chi connectivity index (χ2n) is 14.1. The van der Waals surface area contributed by atoms with Crippen molar-refractivity contribution in [3.63, 3.8) is 0 Å². The predicted octanol–water partition coefficient (Wildman–Crippen LogP) is 5.05. The van der Waals surface area contributed by atoms with Gasteiger partial charge in [-0.05, 0) is 68.2 Å². The first-order valence-electron chi connectivity index (χ1n) is 20.0. The lowest BCUT2D eigenvalue weighted by molar-refractivity contribution is -0.145. The number of nitrogens with zero attached hydrogens (tertiary/aromatic N) is 2. The summed E-state index contributed by atoms with van der Waals surface area (Å²) in [5, 5.41) is 27.9. The van der Waals surface area contributed by atoms with Gasteiger partial charge in [0, 0.05) is 57.3 Å². The van der Waals surface area contributed by atoms with Crippen molar-refractivity contribution in [3.8, 4) is 11.8 Å². The highest BCUT2D eigenvalue weighted by Gasteiger charge is 2.24. The van der Waals surface area contributed by atoms with Crippen molar-refractivity contribution in [1.82, 2.24) is 15.5 Å².